The van der Waals surface area contributed by atoms with E-state index in [9.17, 15) is 4.79 Å². The number of ether oxygens (including phenoxy) is 1. The van der Waals surface area contributed by atoms with Gasteiger partial charge in [-0.2, -0.15) is 5.26 Å². The number of rotatable bonds is 4. The largest absolute Gasteiger partial charge is 0.379 e. The first-order valence-corrected chi connectivity index (χ1v) is 6.81. The van der Waals surface area contributed by atoms with Gasteiger partial charge in [0.1, 0.15) is 11.1 Å². The Hall–Kier alpha value is -1.36. The molecule has 0 spiro atoms. The van der Waals surface area contributed by atoms with E-state index < -0.39 is 0 Å². The molecule has 1 fully saturated rings. The van der Waals surface area contributed by atoms with Crippen LogP contribution in [0, 0.1) is 11.3 Å². The van der Waals surface area contributed by atoms with Gasteiger partial charge in [-0.25, -0.2) is 5.01 Å². The minimum Gasteiger partial charge on any atom is -0.379 e. The van der Waals surface area contributed by atoms with Crippen molar-refractivity contribution in [1.82, 2.24) is 9.38 Å². The quantitative estimate of drug-likeness (QED) is 0.873. The number of hydrogen-bond donors (Lipinski definition) is 1. The van der Waals surface area contributed by atoms with Crippen LogP contribution < -0.4 is 10.6 Å². The number of hydrazine groups is 1. The lowest BCUT2D eigenvalue weighted by molar-refractivity contribution is 0.0319. The lowest BCUT2D eigenvalue weighted by Gasteiger charge is -2.37. The van der Waals surface area contributed by atoms with Gasteiger partial charge in [0.05, 0.1) is 13.2 Å². The Balaban J connectivity index is 2.28. The van der Waals surface area contributed by atoms with Crippen LogP contribution >= 0.6 is 11.5 Å². The maximum atomic E-state index is 11.5. The number of nitrogens with zero attached hydrogens (tertiary/aromatic N) is 3. The van der Waals surface area contributed by atoms with Gasteiger partial charge in [0.15, 0.2) is 5.56 Å². The van der Waals surface area contributed by atoms with Crippen molar-refractivity contribution in [2.45, 2.75) is 13.3 Å². The number of anilines is 1. The molecule has 0 aromatic carbocycles. The zero-order valence-electron chi connectivity index (χ0n) is 10.3. The van der Waals surface area contributed by atoms with E-state index in [0.29, 0.717) is 18.2 Å². The highest BCUT2D eigenvalue weighted by molar-refractivity contribution is 7.10. The van der Waals surface area contributed by atoms with Gasteiger partial charge in [-0.3, -0.25) is 14.2 Å². The molecule has 0 unspecified atom stereocenters. The van der Waals surface area contributed by atoms with Gasteiger partial charge >= 0.3 is 0 Å². The molecular formula is C11H16N4O2S. The molecule has 1 aliphatic heterocycles. The van der Waals surface area contributed by atoms with E-state index in [2.05, 4.69) is 16.3 Å². The van der Waals surface area contributed by atoms with Gasteiger partial charge in [-0.15, -0.1) is 0 Å². The van der Waals surface area contributed by atoms with Crippen LogP contribution in [-0.4, -0.2) is 42.2 Å². The Morgan fingerprint density at radius 3 is 2.89 bits per heavy atom. The molecule has 98 valence electrons. The second kappa shape index (κ2) is 6.00. The van der Waals surface area contributed by atoms with E-state index in [1.165, 1.54) is 11.5 Å². The lowest BCUT2D eigenvalue weighted by atomic mass is 10.3. The highest BCUT2D eigenvalue weighted by Crippen LogP contribution is 2.24. The van der Waals surface area contributed by atoms with Crippen molar-refractivity contribution < 1.29 is 4.74 Å². The minimum absolute atomic E-state index is 0.208. The lowest BCUT2D eigenvalue weighted by Crippen LogP contribution is -2.49. The molecule has 2 heterocycles. The molecule has 7 heteroatoms. The maximum absolute atomic E-state index is 11.5. The third-order valence-corrected chi connectivity index (χ3v) is 3.69. The Morgan fingerprint density at radius 1 is 1.56 bits per heavy atom. The van der Waals surface area contributed by atoms with Gasteiger partial charge in [-0.05, 0) is 18.0 Å². The van der Waals surface area contributed by atoms with Crippen LogP contribution in [0.4, 0.5) is 5.00 Å². The molecule has 0 saturated carbocycles. The number of nitrogens with one attached hydrogen (secondary N) is 1. The molecular weight excluding hydrogens is 252 g/mol. The first-order valence-electron chi connectivity index (χ1n) is 5.99. The first kappa shape index (κ1) is 13.1. The summed E-state index contributed by atoms with van der Waals surface area (Å²) in [5, 5.41) is 14.0. The van der Waals surface area contributed by atoms with E-state index in [1.54, 1.807) is 0 Å². The molecule has 6 nitrogen and oxygen atoms in total. The summed E-state index contributed by atoms with van der Waals surface area (Å²) in [7, 11) is 0. The molecule has 2 rings (SSSR count). The van der Waals surface area contributed by atoms with E-state index in [0.717, 1.165) is 26.1 Å². The standard InChI is InChI=1S/C11H16N4O2S/c1-2-3-15(14-4-6-17-7-5-14)11-9(8-12)10(16)13-18-11/h2-7H2,1H3,(H,13,16). The van der Waals surface area contributed by atoms with Crippen molar-refractivity contribution in [3.05, 3.63) is 15.9 Å². The van der Waals surface area contributed by atoms with Gasteiger partial charge in [-0.1, -0.05) is 6.92 Å². The summed E-state index contributed by atoms with van der Waals surface area (Å²) >= 11 is 1.23. The summed E-state index contributed by atoms with van der Waals surface area (Å²) in [6, 6.07) is 1.99. The maximum Gasteiger partial charge on any atom is 0.278 e. The van der Waals surface area contributed by atoms with Gasteiger partial charge in [0.25, 0.3) is 5.56 Å². The van der Waals surface area contributed by atoms with Gasteiger partial charge in [0.2, 0.25) is 0 Å². The smallest absolute Gasteiger partial charge is 0.278 e. The normalized spacial score (nSPS) is 16.4. The summed E-state index contributed by atoms with van der Waals surface area (Å²) in [4.78, 5) is 11.5. The van der Waals surface area contributed by atoms with Gasteiger partial charge < -0.3 is 4.74 Å². The minimum atomic E-state index is -0.299. The fourth-order valence-corrected chi connectivity index (χ4v) is 2.80. The summed E-state index contributed by atoms with van der Waals surface area (Å²) in [5.41, 5.74) is -0.0909. The molecule has 1 N–H and O–H groups in total. The molecule has 1 aromatic heterocycles. The summed E-state index contributed by atoms with van der Waals surface area (Å²) in [6.07, 6.45) is 0.953. The number of H-pyrrole nitrogens is 1. The molecule has 18 heavy (non-hydrogen) atoms. The highest BCUT2D eigenvalue weighted by Gasteiger charge is 2.23. The van der Waals surface area contributed by atoms with E-state index >= 15 is 0 Å². The Bertz CT molecular complexity index is 484. The fourth-order valence-electron chi connectivity index (χ4n) is 1.95. The average molecular weight is 268 g/mol. The molecule has 1 aliphatic rings. The van der Waals surface area contributed by atoms with Crippen LogP contribution in [0.25, 0.3) is 0 Å². The Labute approximate surface area is 110 Å². The summed E-state index contributed by atoms with van der Waals surface area (Å²) < 4.78 is 7.96. The summed E-state index contributed by atoms with van der Waals surface area (Å²) in [6.45, 7) is 5.81. The van der Waals surface area contributed by atoms with Crippen LogP contribution in [0.2, 0.25) is 0 Å². The van der Waals surface area contributed by atoms with Crippen LogP contribution in [0.3, 0.4) is 0 Å². The number of hydrogen-bond acceptors (Lipinski definition) is 6. The second-order valence-electron chi connectivity index (χ2n) is 4.01. The Kier molecular flexibility index (Phi) is 4.36. The third kappa shape index (κ3) is 2.56. The average Bonchev–Trinajstić information content (AvgIpc) is 2.78. The van der Waals surface area contributed by atoms with Crippen LogP contribution in [-0.2, 0) is 4.74 Å². The van der Waals surface area contributed by atoms with Crippen LogP contribution in [0.5, 0.6) is 0 Å². The summed E-state index contributed by atoms with van der Waals surface area (Å²) in [5.74, 6) is 0. The van der Waals surface area contributed by atoms with E-state index in [4.69, 9.17) is 10.00 Å². The molecule has 0 amide bonds. The number of aromatic nitrogens is 1. The monoisotopic (exact) mass is 268 g/mol. The number of morpholine rings is 1. The SMILES string of the molecule is CCCN(c1s[nH]c(=O)c1C#N)N1CCOCC1. The molecule has 0 aliphatic carbocycles. The predicted octanol–water partition coefficient (Wildman–Crippen LogP) is 0.772. The topological polar surface area (TPSA) is 72.4 Å². The van der Waals surface area contributed by atoms with Crippen molar-refractivity contribution in [3.8, 4) is 6.07 Å². The van der Waals surface area contributed by atoms with Crippen molar-refractivity contribution >= 4 is 16.5 Å². The van der Waals surface area contributed by atoms with Crippen LogP contribution in [0.15, 0.2) is 4.79 Å². The third-order valence-electron chi connectivity index (χ3n) is 2.79. The molecule has 0 atom stereocenters. The Morgan fingerprint density at radius 2 is 2.28 bits per heavy atom. The van der Waals surface area contributed by atoms with Crippen molar-refractivity contribution in [3.63, 3.8) is 0 Å². The molecule has 1 aromatic rings. The van der Waals surface area contributed by atoms with E-state index in [-0.39, 0.29) is 11.1 Å². The molecule has 0 bridgehead atoms. The zero-order valence-corrected chi connectivity index (χ0v) is 11.1. The predicted molar refractivity (Wildman–Crippen MR) is 69.7 cm³/mol. The van der Waals surface area contributed by atoms with E-state index in [1.807, 2.05) is 11.1 Å². The van der Waals surface area contributed by atoms with Crippen molar-refractivity contribution in [2.24, 2.45) is 0 Å². The molecule has 1 saturated heterocycles. The number of nitriles is 1. The number of aromatic amines is 1. The molecule has 0 radical (unpaired) electrons. The van der Waals surface area contributed by atoms with Gasteiger partial charge in [0, 0.05) is 19.6 Å². The second-order valence-corrected chi connectivity index (χ2v) is 4.81. The first-order chi connectivity index (χ1) is 8.77. The highest BCUT2D eigenvalue weighted by atomic mass is 32.1. The zero-order chi connectivity index (χ0) is 13.0. The van der Waals surface area contributed by atoms with Crippen LogP contribution in [0.1, 0.15) is 18.9 Å². The van der Waals surface area contributed by atoms with Crippen molar-refractivity contribution in [1.29, 1.82) is 5.26 Å². The van der Waals surface area contributed by atoms with Crippen molar-refractivity contribution in [2.75, 3.05) is 37.9 Å². The fraction of sp³-hybridized carbons (Fsp3) is 0.636.